The van der Waals surface area contributed by atoms with Crippen LogP contribution in [-0.4, -0.2) is 51.7 Å². The fourth-order valence-corrected chi connectivity index (χ4v) is 3.83. The smallest absolute Gasteiger partial charge is 0.219 e. The Labute approximate surface area is 172 Å². The number of carbonyl (C=O) groups is 1. The van der Waals surface area contributed by atoms with E-state index in [0.717, 1.165) is 49.7 Å². The van der Waals surface area contributed by atoms with E-state index in [1.165, 1.54) is 16.7 Å². The summed E-state index contributed by atoms with van der Waals surface area (Å²) in [4.78, 5) is 16.0. The molecule has 0 bridgehead atoms. The third-order valence-corrected chi connectivity index (χ3v) is 5.80. The average Bonchev–Trinajstić information content (AvgIpc) is 3.15. The van der Waals surface area contributed by atoms with E-state index in [2.05, 4.69) is 55.3 Å². The van der Waals surface area contributed by atoms with Crippen molar-refractivity contribution < 1.29 is 4.79 Å². The molecule has 1 saturated heterocycles. The number of rotatable bonds is 4. The summed E-state index contributed by atoms with van der Waals surface area (Å²) in [6.07, 6.45) is 2.15. The Balaban J connectivity index is 1.65. The van der Waals surface area contributed by atoms with Crippen molar-refractivity contribution in [3.8, 4) is 16.9 Å². The molecule has 2 aromatic carbocycles. The summed E-state index contributed by atoms with van der Waals surface area (Å²) in [5.74, 6) is 0.164. The Hall–Kier alpha value is -2.92. The first-order chi connectivity index (χ1) is 14.0. The minimum absolute atomic E-state index is 0.164. The SMILES string of the molecule is CC(=O)N1CCN(Cc2cn(-c3ccccc3)nc2-c2ccc(C)c(C)c2)CC1. The van der Waals surface area contributed by atoms with Crippen LogP contribution in [0.25, 0.3) is 16.9 Å². The molecule has 0 N–H and O–H groups in total. The zero-order valence-electron chi connectivity index (χ0n) is 17.4. The number of benzene rings is 2. The summed E-state index contributed by atoms with van der Waals surface area (Å²) < 4.78 is 1.98. The lowest BCUT2D eigenvalue weighted by Gasteiger charge is -2.34. The third-order valence-electron chi connectivity index (χ3n) is 5.80. The van der Waals surface area contributed by atoms with Crippen molar-refractivity contribution in [1.29, 1.82) is 0 Å². The number of aromatic nitrogens is 2. The highest BCUT2D eigenvalue weighted by Gasteiger charge is 2.21. The fourth-order valence-electron chi connectivity index (χ4n) is 3.83. The predicted octanol–water partition coefficient (Wildman–Crippen LogP) is 3.82. The van der Waals surface area contributed by atoms with Gasteiger partial charge in [-0.05, 0) is 43.2 Å². The number of hydrogen-bond acceptors (Lipinski definition) is 3. The van der Waals surface area contributed by atoms with Crippen LogP contribution in [0.3, 0.4) is 0 Å². The second-order valence-electron chi connectivity index (χ2n) is 7.86. The van der Waals surface area contributed by atoms with Gasteiger partial charge in [-0.3, -0.25) is 9.69 Å². The Morgan fingerprint density at radius 2 is 1.69 bits per heavy atom. The van der Waals surface area contributed by atoms with Crippen LogP contribution in [0, 0.1) is 13.8 Å². The standard InChI is InChI=1S/C24H28N4O/c1-18-9-10-21(15-19(18)2)24-22(16-26-11-13-27(14-12-26)20(3)29)17-28(25-24)23-7-5-4-6-8-23/h4-10,15,17H,11-14,16H2,1-3H3. The summed E-state index contributed by atoms with van der Waals surface area (Å²) in [6, 6.07) is 16.8. The van der Waals surface area contributed by atoms with Crippen molar-refractivity contribution in [1.82, 2.24) is 19.6 Å². The third kappa shape index (κ3) is 4.25. The summed E-state index contributed by atoms with van der Waals surface area (Å²) in [5, 5.41) is 4.96. The molecule has 3 aromatic rings. The highest BCUT2D eigenvalue weighted by molar-refractivity contribution is 5.73. The van der Waals surface area contributed by atoms with Crippen LogP contribution >= 0.6 is 0 Å². The molecule has 0 saturated carbocycles. The zero-order valence-corrected chi connectivity index (χ0v) is 17.4. The molecular weight excluding hydrogens is 360 g/mol. The number of hydrogen-bond donors (Lipinski definition) is 0. The van der Waals surface area contributed by atoms with Crippen LogP contribution in [0.15, 0.2) is 54.7 Å². The fraction of sp³-hybridized carbons (Fsp3) is 0.333. The average molecular weight is 389 g/mol. The first-order valence-electron chi connectivity index (χ1n) is 10.2. The summed E-state index contributed by atoms with van der Waals surface area (Å²) >= 11 is 0. The number of para-hydroxylation sites is 1. The van der Waals surface area contributed by atoms with Gasteiger partial charge >= 0.3 is 0 Å². The molecular formula is C24H28N4O. The van der Waals surface area contributed by atoms with Gasteiger partial charge < -0.3 is 4.90 Å². The zero-order chi connectivity index (χ0) is 20.4. The second-order valence-corrected chi connectivity index (χ2v) is 7.86. The minimum Gasteiger partial charge on any atom is -0.340 e. The maximum absolute atomic E-state index is 11.6. The first-order valence-corrected chi connectivity index (χ1v) is 10.2. The number of nitrogens with zero attached hydrogens (tertiary/aromatic N) is 4. The molecule has 150 valence electrons. The number of amides is 1. The van der Waals surface area contributed by atoms with Crippen LogP contribution < -0.4 is 0 Å². The highest BCUT2D eigenvalue weighted by Crippen LogP contribution is 2.27. The van der Waals surface area contributed by atoms with Gasteiger partial charge in [0.2, 0.25) is 5.91 Å². The maximum Gasteiger partial charge on any atom is 0.219 e. The normalized spacial score (nSPS) is 14.9. The van der Waals surface area contributed by atoms with Gasteiger partial charge in [-0.15, -0.1) is 0 Å². The van der Waals surface area contributed by atoms with E-state index in [4.69, 9.17) is 5.10 Å². The molecule has 1 aliphatic rings. The molecule has 0 aliphatic carbocycles. The molecule has 0 unspecified atom stereocenters. The molecule has 0 radical (unpaired) electrons. The molecule has 0 spiro atoms. The van der Waals surface area contributed by atoms with Gasteiger partial charge in [0.1, 0.15) is 0 Å². The molecule has 1 fully saturated rings. The lowest BCUT2D eigenvalue weighted by atomic mass is 10.0. The Kier molecular flexibility index (Phi) is 5.49. The summed E-state index contributed by atoms with van der Waals surface area (Å²) in [6.45, 7) is 10.1. The Morgan fingerprint density at radius 1 is 0.966 bits per heavy atom. The van der Waals surface area contributed by atoms with Crippen LogP contribution in [-0.2, 0) is 11.3 Å². The van der Waals surface area contributed by atoms with E-state index in [1.807, 2.05) is 27.8 Å². The molecule has 1 amide bonds. The van der Waals surface area contributed by atoms with Gasteiger partial charge in [0.25, 0.3) is 0 Å². The van der Waals surface area contributed by atoms with Gasteiger partial charge in [0.15, 0.2) is 0 Å². The Morgan fingerprint density at radius 3 is 2.34 bits per heavy atom. The molecule has 2 heterocycles. The van der Waals surface area contributed by atoms with E-state index >= 15 is 0 Å². The molecule has 5 heteroatoms. The Bertz CT molecular complexity index is 1000. The quantitative estimate of drug-likeness (QED) is 0.682. The van der Waals surface area contributed by atoms with Crippen molar-refractivity contribution in [3.05, 3.63) is 71.4 Å². The topological polar surface area (TPSA) is 41.4 Å². The second kappa shape index (κ2) is 8.21. The first kappa shape index (κ1) is 19.4. The minimum atomic E-state index is 0.164. The summed E-state index contributed by atoms with van der Waals surface area (Å²) in [7, 11) is 0. The molecule has 29 heavy (non-hydrogen) atoms. The molecule has 0 atom stereocenters. The summed E-state index contributed by atoms with van der Waals surface area (Å²) in [5.41, 5.74) is 7.03. The number of piperazine rings is 1. The molecule has 4 rings (SSSR count). The van der Waals surface area contributed by atoms with Crippen molar-refractivity contribution in [2.45, 2.75) is 27.3 Å². The van der Waals surface area contributed by atoms with Crippen LogP contribution in [0.2, 0.25) is 0 Å². The van der Waals surface area contributed by atoms with Crippen molar-refractivity contribution in [3.63, 3.8) is 0 Å². The predicted molar refractivity (Wildman–Crippen MR) is 116 cm³/mol. The van der Waals surface area contributed by atoms with E-state index in [9.17, 15) is 4.79 Å². The van der Waals surface area contributed by atoms with Crippen molar-refractivity contribution >= 4 is 5.91 Å². The number of aryl methyl sites for hydroxylation is 2. The number of carbonyl (C=O) groups excluding carboxylic acids is 1. The monoisotopic (exact) mass is 388 g/mol. The van der Waals surface area contributed by atoms with Crippen LogP contribution in [0.4, 0.5) is 0 Å². The van der Waals surface area contributed by atoms with Gasteiger partial charge in [-0.2, -0.15) is 5.10 Å². The van der Waals surface area contributed by atoms with Gasteiger partial charge in [0, 0.05) is 57.0 Å². The lowest BCUT2D eigenvalue weighted by molar-refractivity contribution is -0.130. The molecule has 5 nitrogen and oxygen atoms in total. The van der Waals surface area contributed by atoms with E-state index in [0.29, 0.717) is 0 Å². The van der Waals surface area contributed by atoms with Gasteiger partial charge in [-0.1, -0.05) is 30.3 Å². The maximum atomic E-state index is 11.6. The van der Waals surface area contributed by atoms with Crippen molar-refractivity contribution in [2.24, 2.45) is 0 Å². The van der Waals surface area contributed by atoms with E-state index < -0.39 is 0 Å². The highest BCUT2D eigenvalue weighted by atomic mass is 16.2. The van der Waals surface area contributed by atoms with Crippen LogP contribution in [0.5, 0.6) is 0 Å². The largest absolute Gasteiger partial charge is 0.340 e. The van der Waals surface area contributed by atoms with E-state index in [-0.39, 0.29) is 5.91 Å². The van der Waals surface area contributed by atoms with Gasteiger partial charge in [-0.25, -0.2) is 4.68 Å². The lowest BCUT2D eigenvalue weighted by Crippen LogP contribution is -2.47. The van der Waals surface area contributed by atoms with E-state index in [1.54, 1.807) is 6.92 Å². The van der Waals surface area contributed by atoms with Crippen LogP contribution in [0.1, 0.15) is 23.6 Å². The van der Waals surface area contributed by atoms with Gasteiger partial charge in [0.05, 0.1) is 11.4 Å². The molecule has 1 aromatic heterocycles. The molecule has 1 aliphatic heterocycles. The van der Waals surface area contributed by atoms with Crippen molar-refractivity contribution in [2.75, 3.05) is 26.2 Å².